The summed E-state index contributed by atoms with van der Waals surface area (Å²) < 4.78 is 1.79. The van der Waals surface area contributed by atoms with Gasteiger partial charge in [0.2, 0.25) is 5.91 Å². The fourth-order valence-electron chi connectivity index (χ4n) is 4.67. The molecule has 0 bridgehead atoms. The normalized spacial score (nSPS) is 20.7. The molecule has 1 saturated carbocycles. The number of nitrogens with zero attached hydrogens (tertiary/aromatic N) is 5. The maximum Gasteiger partial charge on any atom is 0.254 e. The van der Waals surface area contributed by atoms with E-state index in [0.717, 1.165) is 68.2 Å². The van der Waals surface area contributed by atoms with Gasteiger partial charge in [0.05, 0.1) is 18.3 Å². The van der Waals surface area contributed by atoms with Gasteiger partial charge in [0.25, 0.3) is 5.91 Å². The third kappa shape index (κ3) is 4.69. The number of likely N-dealkylation sites (N-methyl/N-ethyl adjacent to an activating group) is 1. The third-order valence-electron chi connectivity index (χ3n) is 6.88. The molecule has 0 unspecified atom stereocenters. The highest BCUT2D eigenvalue weighted by atomic mass is 16.2. The Morgan fingerprint density at radius 3 is 2.71 bits per heavy atom. The molecule has 3 aliphatic rings. The van der Waals surface area contributed by atoms with Crippen molar-refractivity contribution in [3.63, 3.8) is 0 Å². The van der Waals surface area contributed by atoms with Crippen LogP contribution in [-0.4, -0.2) is 75.5 Å². The van der Waals surface area contributed by atoms with Gasteiger partial charge in [-0.3, -0.25) is 19.8 Å². The molecular formula is C26H29N7O2. The van der Waals surface area contributed by atoms with Crippen molar-refractivity contribution < 1.29 is 9.59 Å². The molecule has 1 aromatic carbocycles. The second-order valence-electron chi connectivity index (χ2n) is 9.78. The Labute approximate surface area is 203 Å². The van der Waals surface area contributed by atoms with Crippen LogP contribution in [0.2, 0.25) is 0 Å². The van der Waals surface area contributed by atoms with Crippen LogP contribution in [0.25, 0.3) is 23.0 Å². The molecule has 6 rings (SSSR count). The minimum absolute atomic E-state index is 0.0807. The van der Waals surface area contributed by atoms with Crippen LogP contribution in [0.3, 0.4) is 0 Å². The average molecular weight is 472 g/mol. The summed E-state index contributed by atoms with van der Waals surface area (Å²) in [5.74, 6) is 0.256. The fraction of sp³-hybridized carbons (Fsp3) is 0.385. The Hall–Kier alpha value is -3.56. The molecule has 3 aromatic rings. The maximum absolute atomic E-state index is 12.1. The van der Waals surface area contributed by atoms with Crippen LogP contribution in [-0.2, 0) is 16.1 Å². The summed E-state index contributed by atoms with van der Waals surface area (Å²) in [6.45, 7) is 5.26. The lowest BCUT2D eigenvalue weighted by atomic mass is 10.1. The van der Waals surface area contributed by atoms with Crippen LogP contribution in [0.4, 0.5) is 5.82 Å². The maximum atomic E-state index is 12.1. The van der Waals surface area contributed by atoms with Gasteiger partial charge in [0.1, 0.15) is 5.82 Å². The molecule has 3 fully saturated rings. The first-order valence-electron chi connectivity index (χ1n) is 12.2. The van der Waals surface area contributed by atoms with E-state index in [2.05, 4.69) is 62.9 Å². The third-order valence-corrected chi connectivity index (χ3v) is 6.88. The Morgan fingerprint density at radius 2 is 1.97 bits per heavy atom. The van der Waals surface area contributed by atoms with E-state index in [4.69, 9.17) is 4.98 Å². The van der Waals surface area contributed by atoms with E-state index in [1.165, 1.54) is 5.56 Å². The quantitative estimate of drug-likeness (QED) is 0.420. The highest BCUT2D eigenvalue weighted by Crippen LogP contribution is 2.30. The number of rotatable bonds is 6. The first-order chi connectivity index (χ1) is 17.0. The monoisotopic (exact) mass is 471 g/mol. The zero-order valence-corrected chi connectivity index (χ0v) is 19.8. The van der Waals surface area contributed by atoms with Gasteiger partial charge in [-0.1, -0.05) is 18.2 Å². The Bertz CT molecular complexity index is 1330. The average Bonchev–Trinajstić information content (AvgIpc) is 3.48. The summed E-state index contributed by atoms with van der Waals surface area (Å²) in [7, 11) is 2.17. The van der Waals surface area contributed by atoms with Gasteiger partial charge in [-0.25, -0.2) is 4.98 Å². The number of fused-ring (bicyclic) bond motifs is 1. The molecular weight excluding hydrogens is 442 g/mol. The zero-order valence-electron chi connectivity index (χ0n) is 19.8. The summed E-state index contributed by atoms with van der Waals surface area (Å²) in [5, 5.41) is 10.5. The Morgan fingerprint density at radius 1 is 1.14 bits per heavy atom. The number of hydrogen-bond acceptors (Lipinski definition) is 7. The van der Waals surface area contributed by atoms with E-state index in [-0.39, 0.29) is 18.2 Å². The molecule has 9 heteroatoms. The van der Waals surface area contributed by atoms with Crippen LogP contribution in [0.15, 0.2) is 42.1 Å². The lowest BCUT2D eigenvalue weighted by molar-refractivity contribution is -0.124. The molecule has 0 radical (unpaired) electrons. The van der Waals surface area contributed by atoms with Gasteiger partial charge in [0, 0.05) is 61.5 Å². The number of benzene rings is 1. The number of aromatic nitrogens is 3. The van der Waals surface area contributed by atoms with Crippen molar-refractivity contribution in [2.24, 2.45) is 0 Å². The molecule has 2 aromatic heterocycles. The number of hydrogen-bond donors (Lipinski definition) is 2. The topological polar surface area (TPSA) is 94.9 Å². The van der Waals surface area contributed by atoms with E-state index >= 15 is 0 Å². The van der Waals surface area contributed by atoms with Crippen molar-refractivity contribution in [2.45, 2.75) is 31.8 Å². The number of nitrogens with one attached hydrogen (secondary N) is 2. The standard InChI is InChI=1S/C26H29N7O2/c1-31-7-9-32(10-8-31)16-17-3-2-4-18(11-17)22-14-23(28-21-5-6-21)33-25(29-22)20(15-27-33)12-19-13-24(34)30-26(19)35/h2-4,11-12,14-15,21,28H,5-10,13,16H2,1H3,(H,30,34,35)/b19-12+. The predicted octanol–water partition coefficient (Wildman–Crippen LogP) is 2.15. The van der Waals surface area contributed by atoms with Crippen molar-refractivity contribution >= 4 is 29.4 Å². The minimum Gasteiger partial charge on any atom is -0.367 e. The van der Waals surface area contributed by atoms with Gasteiger partial charge in [-0.2, -0.15) is 9.61 Å². The van der Waals surface area contributed by atoms with Crippen molar-refractivity contribution in [1.82, 2.24) is 29.7 Å². The molecule has 35 heavy (non-hydrogen) atoms. The molecule has 1 aliphatic carbocycles. The second-order valence-corrected chi connectivity index (χ2v) is 9.78. The number of piperazine rings is 1. The Balaban J connectivity index is 1.36. The van der Waals surface area contributed by atoms with Gasteiger partial charge in [0.15, 0.2) is 5.65 Å². The first-order valence-corrected chi connectivity index (χ1v) is 12.2. The summed E-state index contributed by atoms with van der Waals surface area (Å²) in [6, 6.07) is 11.1. The van der Waals surface area contributed by atoms with Crippen molar-refractivity contribution in [3.8, 4) is 11.3 Å². The van der Waals surface area contributed by atoms with Crippen LogP contribution < -0.4 is 10.6 Å². The second kappa shape index (κ2) is 8.90. The summed E-state index contributed by atoms with van der Waals surface area (Å²) >= 11 is 0. The largest absolute Gasteiger partial charge is 0.367 e. The van der Waals surface area contributed by atoms with Crippen LogP contribution in [0.1, 0.15) is 30.4 Å². The smallest absolute Gasteiger partial charge is 0.254 e. The number of amides is 2. The minimum atomic E-state index is -0.349. The SMILES string of the molecule is CN1CCN(Cc2cccc(-c3cc(NC4CC4)n4ncc(/C=C5\CC(=O)NC5=O)c4n3)c2)CC1. The molecule has 0 atom stereocenters. The predicted molar refractivity (Wildman–Crippen MR) is 134 cm³/mol. The van der Waals surface area contributed by atoms with E-state index in [0.29, 0.717) is 17.3 Å². The van der Waals surface area contributed by atoms with Gasteiger partial charge in [-0.05, 0) is 37.6 Å². The summed E-state index contributed by atoms with van der Waals surface area (Å²) in [4.78, 5) is 33.6. The molecule has 2 saturated heterocycles. The van der Waals surface area contributed by atoms with Crippen LogP contribution in [0.5, 0.6) is 0 Å². The molecule has 2 N–H and O–H groups in total. The lowest BCUT2D eigenvalue weighted by Gasteiger charge is -2.32. The van der Waals surface area contributed by atoms with Crippen molar-refractivity contribution in [3.05, 3.63) is 53.2 Å². The van der Waals surface area contributed by atoms with Crippen LogP contribution in [0, 0.1) is 0 Å². The van der Waals surface area contributed by atoms with Gasteiger partial charge >= 0.3 is 0 Å². The summed E-state index contributed by atoms with van der Waals surface area (Å²) in [6.07, 6.45) is 5.79. The molecule has 2 amide bonds. The molecule has 2 aliphatic heterocycles. The van der Waals surface area contributed by atoms with E-state index in [1.807, 2.05) is 0 Å². The molecule has 0 spiro atoms. The molecule has 9 nitrogen and oxygen atoms in total. The summed E-state index contributed by atoms with van der Waals surface area (Å²) in [5.41, 5.74) is 4.99. The lowest BCUT2D eigenvalue weighted by Crippen LogP contribution is -2.43. The molecule has 180 valence electrons. The zero-order chi connectivity index (χ0) is 23.9. The number of imide groups is 1. The van der Waals surface area contributed by atoms with Crippen molar-refractivity contribution in [1.29, 1.82) is 0 Å². The number of carbonyl (C=O) groups is 2. The molecule has 4 heterocycles. The highest BCUT2D eigenvalue weighted by Gasteiger charge is 2.26. The Kier molecular flexibility index (Phi) is 5.58. The first kappa shape index (κ1) is 21.9. The van der Waals surface area contributed by atoms with Gasteiger partial charge in [-0.15, -0.1) is 0 Å². The van der Waals surface area contributed by atoms with Crippen LogP contribution >= 0.6 is 0 Å². The van der Waals surface area contributed by atoms with Gasteiger partial charge < -0.3 is 10.2 Å². The number of anilines is 1. The van der Waals surface area contributed by atoms with E-state index in [9.17, 15) is 9.59 Å². The van der Waals surface area contributed by atoms with Crippen molar-refractivity contribution in [2.75, 3.05) is 38.5 Å². The van der Waals surface area contributed by atoms with E-state index in [1.54, 1.807) is 16.8 Å². The number of carbonyl (C=O) groups excluding carboxylic acids is 2. The fourth-order valence-corrected chi connectivity index (χ4v) is 4.67. The van der Waals surface area contributed by atoms with E-state index < -0.39 is 0 Å². The highest BCUT2D eigenvalue weighted by molar-refractivity contribution is 6.15.